The monoisotopic (exact) mass is 201 g/mol. The molecule has 1 aromatic carbocycles. The van der Waals surface area contributed by atoms with E-state index in [2.05, 4.69) is 36.5 Å². The molecule has 1 nitrogen and oxygen atoms in total. The van der Waals surface area contributed by atoms with Gasteiger partial charge in [0.1, 0.15) is 0 Å². The third-order valence-corrected chi connectivity index (χ3v) is 4.14. The van der Waals surface area contributed by atoms with Gasteiger partial charge in [0.15, 0.2) is 0 Å². The lowest BCUT2D eigenvalue weighted by Crippen LogP contribution is -2.25. The molecule has 0 heterocycles. The SMILES string of the molecule is Cc1ccc(N[C@H]2C[C@H]3CC[C@H]2C3)cc1. The van der Waals surface area contributed by atoms with Gasteiger partial charge in [0.25, 0.3) is 0 Å². The predicted molar refractivity (Wildman–Crippen MR) is 64.0 cm³/mol. The maximum Gasteiger partial charge on any atom is 0.0342 e. The smallest absolute Gasteiger partial charge is 0.0342 e. The molecule has 2 fully saturated rings. The fraction of sp³-hybridized carbons (Fsp3) is 0.571. The van der Waals surface area contributed by atoms with Gasteiger partial charge in [0, 0.05) is 11.7 Å². The van der Waals surface area contributed by atoms with Crippen molar-refractivity contribution >= 4 is 5.69 Å². The number of hydrogen-bond donors (Lipinski definition) is 1. The van der Waals surface area contributed by atoms with E-state index in [0.29, 0.717) is 0 Å². The van der Waals surface area contributed by atoms with Crippen molar-refractivity contribution in [3.63, 3.8) is 0 Å². The van der Waals surface area contributed by atoms with Crippen LogP contribution >= 0.6 is 0 Å². The summed E-state index contributed by atoms with van der Waals surface area (Å²) in [6.45, 7) is 2.14. The summed E-state index contributed by atoms with van der Waals surface area (Å²) in [5.74, 6) is 1.98. The molecule has 3 rings (SSSR count). The Labute approximate surface area is 91.9 Å². The van der Waals surface area contributed by atoms with Crippen LogP contribution in [0, 0.1) is 18.8 Å². The fourth-order valence-electron chi connectivity index (χ4n) is 3.29. The Morgan fingerprint density at radius 3 is 2.47 bits per heavy atom. The first kappa shape index (κ1) is 9.26. The van der Waals surface area contributed by atoms with E-state index in [1.54, 1.807) is 0 Å². The van der Waals surface area contributed by atoms with Crippen LogP contribution in [0.1, 0.15) is 31.2 Å². The molecule has 2 aliphatic rings. The molecule has 2 saturated carbocycles. The highest BCUT2D eigenvalue weighted by Gasteiger charge is 2.39. The Morgan fingerprint density at radius 2 is 1.87 bits per heavy atom. The topological polar surface area (TPSA) is 12.0 Å². The number of rotatable bonds is 2. The fourth-order valence-corrected chi connectivity index (χ4v) is 3.29. The van der Waals surface area contributed by atoms with Crippen molar-refractivity contribution in [2.45, 2.75) is 38.6 Å². The molecule has 1 heteroatoms. The minimum Gasteiger partial charge on any atom is -0.382 e. The lowest BCUT2D eigenvalue weighted by atomic mass is 9.95. The second kappa shape index (κ2) is 3.55. The third kappa shape index (κ3) is 1.75. The van der Waals surface area contributed by atoms with E-state index < -0.39 is 0 Å². The molecule has 0 amide bonds. The lowest BCUT2D eigenvalue weighted by molar-refractivity contribution is 0.440. The van der Waals surface area contributed by atoms with Crippen LogP contribution in [0.3, 0.4) is 0 Å². The van der Waals surface area contributed by atoms with Crippen LogP contribution in [0.25, 0.3) is 0 Å². The molecule has 0 radical (unpaired) electrons. The Hall–Kier alpha value is -0.980. The first-order valence-electron chi connectivity index (χ1n) is 6.14. The van der Waals surface area contributed by atoms with E-state index in [0.717, 1.165) is 17.9 Å². The van der Waals surface area contributed by atoms with Crippen LogP contribution in [-0.4, -0.2) is 6.04 Å². The summed E-state index contributed by atoms with van der Waals surface area (Å²) in [5.41, 5.74) is 2.65. The summed E-state index contributed by atoms with van der Waals surface area (Å²) in [7, 11) is 0. The molecule has 80 valence electrons. The molecule has 1 aromatic rings. The van der Waals surface area contributed by atoms with Gasteiger partial charge in [-0.1, -0.05) is 24.1 Å². The number of benzene rings is 1. The van der Waals surface area contributed by atoms with Gasteiger partial charge in [-0.15, -0.1) is 0 Å². The Balaban J connectivity index is 1.68. The maximum atomic E-state index is 3.70. The van der Waals surface area contributed by atoms with Gasteiger partial charge in [0.2, 0.25) is 0 Å². The molecule has 0 saturated heterocycles. The van der Waals surface area contributed by atoms with Crippen molar-refractivity contribution in [1.82, 2.24) is 0 Å². The normalized spacial score (nSPS) is 33.3. The van der Waals surface area contributed by atoms with Crippen LogP contribution in [-0.2, 0) is 0 Å². The van der Waals surface area contributed by atoms with Crippen LogP contribution in [0.15, 0.2) is 24.3 Å². The van der Waals surface area contributed by atoms with Crippen molar-refractivity contribution in [3.05, 3.63) is 29.8 Å². The van der Waals surface area contributed by atoms with Crippen molar-refractivity contribution in [1.29, 1.82) is 0 Å². The molecule has 2 aliphatic carbocycles. The summed E-state index contributed by atoms with van der Waals surface area (Å²) in [6, 6.07) is 9.56. The second-order valence-electron chi connectivity index (χ2n) is 5.29. The molecule has 2 bridgehead atoms. The largest absolute Gasteiger partial charge is 0.382 e. The molecule has 1 N–H and O–H groups in total. The molecule has 0 unspecified atom stereocenters. The zero-order chi connectivity index (χ0) is 10.3. The molecular formula is C14H19N. The van der Waals surface area contributed by atoms with Gasteiger partial charge in [-0.3, -0.25) is 0 Å². The molecule has 0 aliphatic heterocycles. The van der Waals surface area contributed by atoms with E-state index in [4.69, 9.17) is 0 Å². The van der Waals surface area contributed by atoms with Gasteiger partial charge in [0.05, 0.1) is 0 Å². The summed E-state index contributed by atoms with van der Waals surface area (Å²) in [4.78, 5) is 0. The Bertz CT molecular complexity index is 341. The van der Waals surface area contributed by atoms with Gasteiger partial charge >= 0.3 is 0 Å². The summed E-state index contributed by atoms with van der Waals surface area (Å²) in [5, 5.41) is 3.70. The van der Waals surface area contributed by atoms with Crippen molar-refractivity contribution in [2.75, 3.05) is 5.32 Å². The average Bonchev–Trinajstić information content (AvgIpc) is 2.83. The molecule has 3 atom stereocenters. The lowest BCUT2D eigenvalue weighted by Gasteiger charge is -2.24. The summed E-state index contributed by atoms with van der Waals surface area (Å²) in [6.07, 6.45) is 5.81. The van der Waals surface area contributed by atoms with Crippen molar-refractivity contribution < 1.29 is 0 Å². The number of fused-ring (bicyclic) bond motifs is 2. The zero-order valence-electron chi connectivity index (χ0n) is 9.37. The predicted octanol–water partition coefficient (Wildman–Crippen LogP) is 3.60. The van der Waals surface area contributed by atoms with Gasteiger partial charge < -0.3 is 5.32 Å². The minimum absolute atomic E-state index is 0.756. The van der Waals surface area contributed by atoms with Crippen molar-refractivity contribution in [3.8, 4) is 0 Å². The first-order chi connectivity index (χ1) is 7.31. The molecule has 0 spiro atoms. The third-order valence-electron chi connectivity index (χ3n) is 4.14. The molecule has 15 heavy (non-hydrogen) atoms. The maximum absolute atomic E-state index is 3.70. The second-order valence-corrected chi connectivity index (χ2v) is 5.29. The van der Waals surface area contributed by atoms with Crippen LogP contribution in [0.2, 0.25) is 0 Å². The van der Waals surface area contributed by atoms with E-state index in [9.17, 15) is 0 Å². The summed E-state index contributed by atoms with van der Waals surface area (Å²) >= 11 is 0. The van der Waals surface area contributed by atoms with Crippen molar-refractivity contribution in [2.24, 2.45) is 11.8 Å². The standard InChI is InChI=1S/C14H19N/c1-10-2-6-13(7-3-10)15-14-9-11-4-5-12(14)8-11/h2-3,6-7,11-12,14-15H,4-5,8-9H2,1H3/t11-,12-,14-/m0/s1. The molecule has 0 aromatic heterocycles. The Kier molecular flexibility index (Phi) is 2.19. The highest BCUT2D eigenvalue weighted by molar-refractivity contribution is 5.45. The number of aryl methyl sites for hydroxylation is 1. The van der Waals surface area contributed by atoms with E-state index >= 15 is 0 Å². The summed E-state index contributed by atoms with van der Waals surface area (Å²) < 4.78 is 0. The number of nitrogens with one attached hydrogen (secondary N) is 1. The number of hydrogen-bond acceptors (Lipinski definition) is 1. The van der Waals surface area contributed by atoms with Crippen LogP contribution in [0.4, 0.5) is 5.69 Å². The average molecular weight is 201 g/mol. The van der Waals surface area contributed by atoms with E-state index in [-0.39, 0.29) is 0 Å². The van der Waals surface area contributed by atoms with Gasteiger partial charge in [-0.05, 0) is 50.2 Å². The van der Waals surface area contributed by atoms with Crippen LogP contribution in [0.5, 0.6) is 0 Å². The van der Waals surface area contributed by atoms with E-state index in [1.807, 2.05) is 0 Å². The van der Waals surface area contributed by atoms with Gasteiger partial charge in [-0.25, -0.2) is 0 Å². The number of anilines is 1. The van der Waals surface area contributed by atoms with Gasteiger partial charge in [-0.2, -0.15) is 0 Å². The molecular weight excluding hydrogens is 182 g/mol. The minimum atomic E-state index is 0.756. The Morgan fingerprint density at radius 1 is 1.07 bits per heavy atom. The highest BCUT2D eigenvalue weighted by Crippen LogP contribution is 2.45. The quantitative estimate of drug-likeness (QED) is 0.771. The highest BCUT2D eigenvalue weighted by atomic mass is 14.9. The van der Waals surface area contributed by atoms with Crippen LogP contribution < -0.4 is 5.32 Å². The first-order valence-corrected chi connectivity index (χ1v) is 6.14. The van der Waals surface area contributed by atoms with E-state index in [1.165, 1.54) is 36.9 Å². The zero-order valence-corrected chi connectivity index (χ0v) is 9.37.